The van der Waals surface area contributed by atoms with Crippen LogP contribution in [-0.2, 0) is 0 Å². The van der Waals surface area contributed by atoms with E-state index >= 15 is 0 Å². The van der Waals surface area contributed by atoms with Crippen molar-refractivity contribution < 1.29 is 13.2 Å². The zero-order valence-corrected chi connectivity index (χ0v) is 35.8. The molecule has 0 aliphatic heterocycles. The maximum absolute atomic E-state index is 12.8. The third-order valence-corrected chi connectivity index (χ3v) is 16.5. The van der Waals surface area contributed by atoms with Gasteiger partial charge in [0.2, 0.25) is 3.12 Å². The number of hydrogen-bond donors (Lipinski definition) is 0. The highest BCUT2D eigenvalue weighted by Crippen LogP contribution is 2.47. The van der Waals surface area contributed by atoms with Crippen LogP contribution in [0.4, 0.5) is 13.2 Å². The fraction of sp³-hybridized carbons (Fsp3) is 1.00. The predicted octanol–water partition coefficient (Wildman–Crippen LogP) is 15.9. The van der Waals surface area contributed by atoms with Crippen molar-refractivity contribution in [2.75, 3.05) is 6.26 Å². The first kappa shape index (κ1) is 47.1. The van der Waals surface area contributed by atoms with Crippen molar-refractivity contribution in [1.82, 2.24) is 0 Å². The number of rotatable bonds is 6. The Morgan fingerprint density at radius 3 is 0.978 bits per heavy atom. The summed E-state index contributed by atoms with van der Waals surface area (Å²) in [7, 11) is 0. The van der Waals surface area contributed by atoms with Crippen molar-refractivity contribution in [2.24, 2.45) is 0 Å². The van der Waals surface area contributed by atoms with Crippen LogP contribution in [0.25, 0.3) is 0 Å². The monoisotopic (exact) mass is 914 g/mol. The van der Waals surface area contributed by atoms with Gasteiger partial charge in [0.1, 0.15) is 0 Å². The lowest BCUT2D eigenvalue weighted by Gasteiger charge is -2.28. The summed E-state index contributed by atoms with van der Waals surface area (Å²) in [6.45, 7) is 0. The minimum Gasteiger partial charge on any atom is -0.195 e. The maximum atomic E-state index is 12.8. The Morgan fingerprint density at radius 1 is 0.444 bits per heavy atom. The molecule has 0 aromatic carbocycles. The molecule has 0 radical (unpaired) electrons. The molecule has 4 rings (SSSR count). The number of alkyl halides is 13. The average Bonchev–Trinajstić information content (AvgIpc) is 2.92. The highest BCUT2D eigenvalue weighted by atomic mass is 35.6. The van der Waals surface area contributed by atoms with Crippen LogP contribution in [0.15, 0.2) is 0 Å². The van der Waals surface area contributed by atoms with E-state index in [1.54, 1.807) is 0 Å². The first-order valence-electron chi connectivity index (χ1n) is 15.1. The number of halogens is 13. The number of thioether (sulfide) groups is 4. The van der Waals surface area contributed by atoms with Gasteiger partial charge in [0, 0.05) is 42.5 Å². The lowest BCUT2D eigenvalue weighted by atomic mass is 10.00. The fourth-order valence-corrected chi connectivity index (χ4v) is 12.9. The Balaban J connectivity index is 0.000000302. The second kappa shape index (κ2) is 24.4. The van der Waals surface area contributed by atoms with Gasteiger partial charge < -0.3 is 0 Å². The summed E-state index contributed by atoms with van der Waals surface area (Å²) in [5, 5.41) is 1.39. The van der Waals surface area contributed by atoms with Crippen LogP contribution in [0.3, 0.4) is 0 Å². The fourth-order valence-electron chi connectivity index (χ4n) is 5.39. The Morgan fingerprint density at radius 2 is 0.733 bits per heavy atom. The SMILES string of the molecule is CS[C@@H]1CCCC[C@H]1Cl.ClC1CCCCC1SC(Cl)(Cl)Cl.FC(Cl)(Cl)SC1CCCCC1Cl.FC(F)(Cl)SC1CCCCC1Cl. The molecule has 0 saturated heterocycles. The summed E-state index contributed by atoms with van der Waals surface area (Å²) in [5.41, 5.74) is 0. The first-order valence-corrected chi connectivity index (χ1v) is 23.1. The molecule has 45 heavy (non-hydrogen) atoms. The van der Waals surface area contributed by atoms with Crippen molar-refractivity contribution in [3.63, 3.8) is 0 Å². The summed E-state index contributed by atoms with van der Waals surface area (Å²) in [5.74, 6) is 0. The minimum atomic E-state index is -3.16. The highest BCUT2D eigenvalue weighted by Gasteiger charge is 2.36. The third kappa shape index (κ3) is 24.1. The summed E-state index contributed by atoms with van der Waals surface area (Å²) in [6.07, 6.45) is 19.6. The zero-order chi connectivity index (χ0) is 34.3. The minimum absolute atomic E-state index is 0.0105. The van der Waals surface area contributed by atoms with Gasteiger partial charge in [-0.25, -0.2) is 0 Å². The van der Waals surface area contributed by atoms with E-state index in [0.29, 0.717) is 22.4 Å². The molecular weight excluding hydrogens is 876 g/mol. The van der Waals surface area contributed by atoms with Crippen molar-refractivity contribution in [2.45, 2.75) is 157 Å². The van der Waals surface area contributed by atoms with Crippen LogP contribution in [0.5, 0.6) is 0 Å². The Hall–Kier alpha value is 4.09. The second-order valence-electron chi connectivity index (χ2n) is 11.3. The van der Waals surface area contributed by atoms with E-state index in [-0.39, 0.29) is 26.6 Å². The van der Waals surface area contributed by atoms with Crippen molar-refractivity contribution in [1.29, 1.82) is 0 Å². The molecule has 6 unspecified atom stereocenters. The van der Waals surface area contributed by atoms with Gasteiger partial charge in [-0.3, -0.25) is 0 Å². The summed E-state index contributed by atoms with van der Waals surface area (Å²) in [6, 6.07) is 0. The van der Waals surface area contributed by atoms with Gasteiger partial charge >= 0.3 is 8.63 Å². The molecular formula is C28H43Cl10F3S4. The Kier molecular flexibility index (Phi) is 25.6. The van der Waals surface area contributed by atoms with Gasteiger partial charge in [-0.2, -0.15) is 24.9 Å². The molecule has 4 aliphatic rings. The molecule has 8 atom stereocenters. The summed E-state index contributed by atoms with van der Waals surface area (Å²) in [4.78, 5) is 0. The quantitative estimate of drug-likeness (QED) is 0.243. The van der Waals surface area contributed by atoms with Crippen LogP contribution in [0.1, 0.15) is 103 Å². The molecule has 0 nitrogen and oxygen atoms in total. The van der Waals surface area contributed by atoms with Gasteiger partial charge in [0.15, 0.2) is 0 Å². The van der Waals surface area contributed by atoms with E-state index in [1.807, 2.05) is 11.8 Å². The van der Waals surface area contributed by atoms with Crippen LogP contribution < -0.4 is 0 Å². The van der Waals surface area contributed by atoms with E-state index in [1.165, 1.54) is 50.3 Å². The Labute approximate surface area is 336 Å². The molecule has 17 heteroatoms. The average molecular weight is 919 g/mol. The largest absolute Gasteiger partial charge is 0.371 e. The maximum Gasteiger partial charge on any atom is 0.371 e. The zero-order valence-electron chi connectivity index (χ0n) is 25.0. The van der Waals surface area contributed by atoms with Gasteiger partial charge in [-0.05, 0) is 69.2 Å². The lowest BCUT2D eigenvalue weighted by molar-refractivity contribution is 0.201. The molecule has 0 aromatic rings. The molecule has 4 aliphatic carbocycles. The topological polar surface area (TPSA) is 0 Å². The molecule has 0 heterocycles. The van der Waals surface area contributed by atoms with Crippen molar-refractivity contribution in [3.8, 4) is 0 Å². The van der Waals surface area contributed by atoms with Gasteiger partial charge in [0.25, 0.3) is 0 Å². The van der Waals surface area contributed by atoms with E-state index in [4.69, 9.17) is 116 Å². The number of hydrogen-bond acceptors (Lipinski definition) is 4. The molecule has 0 aromatic heterocycles. The third-order valence-electron chi connectivity index (χ3n) is 7.65. The van der Waals surface area contributed by atoms with Gasteiger partial charge in [0.05, 0.1) is 0 Å². The van der Waals surface area contributed by atoms with Crippen LogP contribution >= 0.6 is 163 Å². The van der Waals surface area contributed by atoms with Gasteiger partial charge in [-0.1, -0.05) is 133 Å². The first-order chi connectivity index (χ1) is 20.8. The molecule has 0 bridgehead atoms. The van der Waals surface area contributed by atoms with E-state index in [0.717, 1.165) is 81.2 Å². The van der Waals surface area contributed by atoms with Crippen LogP contribution in [-0.4, -0.2) is 60.5 Å². The van der Waals surface area contributed by atoms with E-state index in [9.17, 15) is 13.2 Å². The normalized spacial score (nSPS) is 32.9. The molecule has 0 amide bonds. The molecule has 0 spiro atoms. The molecule has 4 fully saturated rings. The van der Waals surface area contributed by atoms with E-state index in [2.05, 4.69) is 6.26 Å². The predicted molar refractivity (Wildman–Crippen MR) is 211 cm³/mol. The molecule has 0 N–H and O–H groups in total. The van der Waals surface area contributed by atoms with E-state index < -0.39 is 11.8 Å². The highest BCUT2D eigenvalue weighted by molar-refractivity contribution is 8.05. The van der Waals surface area contributed by atoms with Crippen LogP contribution in [0.2, 0.25) is 0 Å². The smallest absolute Gasteiger partial charge is 0.195 e. The molecule has 4 saturated carbocycles. The molecule has 270 valence electrons. The summed E-state index contributed by atoms with van der Waals surface area (Å²) >= 11 is 61.0. The van der Waals surface area contributed by atoms with Crippen LogP contribution in [0, 0.1) is 0 Å². The van der Waals surface area contributed by atoms with Crippen molar-refractivity contribution >= 4 is 163 Å². The second-order valence-corrected chi connectivity index (χ2v) is 24.1. The summed E-state index contributed by atoms with van der Waals surface area (Å²) < 4.78 is 30.9. The van der Waals surface area contributed by atoms with Crippen molar-refractivity contribution in [3.05, 3.63) is 0 Å². The van der Waals surface area contributed by atoms with Gasteiger partial charge in [-0.15, -0.1) is 58.2 Å². The Bertz CT molecular complexity index is 696. The lowest BCUT2D eigenvalue weighted by Crippen LogP contribution is -2.25. The standard InChI is InChI=1S/C7H10Cl4S.C7H10Cl3FS.C7H10Cl2F2S.C7H13ClS/c3*8-5-3-1-2-4-6(5)12-7(9,10)11;1-9-7-5-3-2-4-6(7)8/h3*5-6H,1-4H2;6-7H,2-5H2,1H3/t;;;6-,7-/m...1/s1.